The van der Waals surface area contributed by atoms with Crippen LogP contribution in [-0.4, -0.2) is 36.6 Å². The van der Waals surface area contributed by atoms with Gasteiger partial charge in [-0.05, 0) is 45.3 Å². The van der Waals surface area contributed by atoms with Crippen LogP contribution in [0.2, 0.25) is 0 Å². The van der Waals surface area contributed by atoms with E-state index in [1.807, 2.05) is 0 Å². The van der Waals surface area contributed by atoms with Gasteiger partial charge in [0.15, 0.2) is 0 Å². The molecule has 1 aliphatic rings. The molecule has 0 aromatic carbocycles. The van der Waals surface area contributed by atoms with Gasteiger partial charge in [-0.15, -0.1) is 12.3 Å². The highest BCUT2D eigenvalue weighted by Gasteiger charge is 2.31. The third-order valence-corrected chi connectivity index (χ3v) is 3.93. The summed E-state index contributed by atoms with van der Waals surface area (Å²) in [4.78, 5) is 2.59. The number of rotatable bonds is 5. The summed E-state index contributed by atoms with van der Waals surface area (Å²) in [6.45, 7) is 10.4. The van der Waals surface area contributed by atoms with Gasteiger partial charge in [0, 0.05) is 18.5 Å². The van der Waals surface area contributed by atoms with Gasteiger partial charge in [0.25, 0.3) is 0 Å². The Morgan fingerprint density at radius 3 is 2.81 bits per heavy atom. The fourth-order valence-electron chi connectivity index (χ4n) is 2.69. The van der Waals surface area contributed by atoms with E-state index in [2.05, 4.69) is 36.9 Å². The third kappa shape index (κ3) is 3.50. The highest BCUT2D eigenvalue weighted by molar-refractivity contribution is 4.89. The lowest BCUT2D eigenvalue weighted by Gasteiger charge is -2.43. The van der Waals surface area contributed by atoms with E-state index >= 15 is 0 Å². The Kier molecular flexibility index (Phi) is 5.87. The number of likely N-dealkylation sites (tertiary alicyclic amines) is 1. The zero-order valence-corrected chi connectivity index (χ0v) is 11.0. The number of hydrogen-bond acceptors (Lipinski definition) is 2. The summed E-state index contributed by atoms with van der Waals surface area (Å²) in [6, 6.07) is 1.37. The Bertz CT molecular complexity index is 231. The van der Waals surface area contributed by atoms with Crippen LogP contribution in [0.15, 0.2) is 0 Å². The summed E-state index contributed by atoms with van der Waals surface area (Å²) in [5, 5.41) is 3.59. The Balaban J connectivity index is 2.39. The van der Waals surface area contributed by atoms with Crippen molar-refractivity contribution in [2.45, 2.75) is 52.1 Å². The molecule has 16 heavy (non-hydrogen) atoms. The normalized spacial score (nSPS) is 31.2. The summed E-state index contributed by atoms with van der Waals surface area (Å²) in [6.07, 6.45) is 8.61. The molecule has 0 aromatic rings. The molecule has 1 rings (SSSR count). The van der Waals surface area contributed by atoms with E-state index in [4.69, 9.17) is 6.42 Å². The lowest BCUT2D eigenvalue weighted by molar-refractivity contribution is 0.0849. The van der Waals surface area contributed by atoms with Crippen LogP contribution in [0.4, 0.5) is 0 Å². The predicted molar refractivity (Wildman–Crippen MR) is 70.3 cm³/mol. The molecule has 1 N–H and O–H groups in total. The van der Waals surface area contributed by atoms with E-state index in [9.17, 15) is 0 Å². The first-order valence-corrected chi connectivity index (χ1v) is 6.61. The fourth-order valence-corrected chi connectivity index (χ4v) is 2.69. The van der Waals surface area contributed by atoms with Crippen LogP contribution in [0.25, 0.3) is 0 Å². The molecule has 1 fully saturated rings. The van der Waals surface area contributed by atoms with E-state index in [1.165, 1.54) is 13.0 Å². The summed E-state index contributed by atoms with van der Waals surface area (Å²) >= 11 is 0. The molecule has 0 bridgehead atoms. The van der Waals surface area contributed by atoms with E-state index in [-0.39, 0.29) is 0 Å². The summed E-state index contributed by atoms with van der Waals surface area (Å²) in [5.74, 6) is 3.46. The van der Waals surface area contributed by atoms with Crippen molar-refractivity contribution in [1.82, 2.24) is 10.2 Å². The van der Waals surface area contributed by atoms with Crippen molar-refractivity contribution in [2.75, 3.05) is 19.6 Å². The first-order chi connectivity index (χ1) is 7.70. The van der Waals surface area contributed by atoms with Crippen LogP contribution >= 0.6 is 0 Å². The van der Waals surface area contributed by atoms with Crippen molar-refractivity contribution in [3.05, 3.63) is 0 Å². The summed E-state index contributed by atoms with van der Waals surface area (Å²) in [7, 11) is 0. The minimum Gasteiger partial charge on any atom is -0.314 e. The van der Waals surface area contributed by atoms with Gasteiger partial charge in [0.2, 0.25) is 0 Å². The number of nitrogens with one attached hydrogen (secondary N) is 1. The van der Waals surface area contributed by atoms with Gasteiger partial charge in [0.1, 0.15) is 0 Å². The quantitative estimate of drug-likeness (QED) is 0.566. The van der Waals surface area contributed by atoms with Crippen LogP contribution < -0.4 is 5.32 Å². The number of nitrogens with zero attached hydrogens (tertiary/aromatic N) is 1. The SMILES string of the molecule is C#CCCCN1CCC(NCC)C(C)C1C. The molecule has 2 nitrogen and oxygen atoms in total. The lowest BCUT2D eigenvalue weighted by atomic mass is 9.87. The molecule has 1 saturated heterocycles. The van der Waals surface area contributed by atoms with Gasteiger partial charge in [-0.25, -0.2) is 0 Å². The average Bonchev–Trinajstić information content (AvgIpc) is 2.28. The highest BCUT2D eigenvalue weighted by Crippen LogP contribution is 2.23. The van der Waals surface area contributed by atoms with Gasteiger partial charge in [0.05, 0.1) is 0 Å². The molecule has 0 aromatic heterocycles. The van der Waals surface area contributed by atoms with Crippen molar-refractivity contribution >= 4 is 0 Å². The molecule has 0 saturated carbocycles. The van der Waals surface area contributed by atoms with E-state index < -0.39 is 0 Å². The number of unbranched alkanes of at least 4 members (excludes halogenated alkanes) is 1. The van der Waals surface area contributed by atoms with E-state index in [0.717, 1.165) is 31.8 Å². The Morgan fingerprint density at radius 1 is 1.44 bits per heavy atom. The molecule has 0 radical (unpaired) electrons. The van der Waals surface area contributed by atoms with Crippen molar-refractivity contribution in [1.29, 1.82) is 0 Å². The van der Waals surface area contributed by atoms with Crippen LogP contribution in [0.5, 0.6) is 0 Å². The van der Waals surface area contributed by atoms with Gasteiger partial charge in [-0.2, -0.15) is 0 Å². The molecule has 1 aliphatic heterocycles. The first kappa shape index (κ1) is 13.5. The molecule has 0 amide bonds. The standard InChI is InChI=1S/C14H26N2/c1-5-7-8-10-16-11-9-14(15-6-2)12(3)13(16)4/h1,12-15H,6-11H2,2-4H3. The van der Waals surface area contributed by atoms with Crippen molar-refractivity contribution in [3.63, 3.8) is 0 Å². The maximum Gasteiger partial charge on any atom is 0.0120 e. The summed E-state index contributed by atoms with van der Waals surface area (Å²) in [5.41, 5.74) is 0. The second-order valence-electron chi connectivity index (χ2n) is 4.90. The van der Waals surface area contributed by atoms with Crippen LogP contribution in [0.3, 0.4) is 0 Å². The van der Waals surface area contributed by atoms with Gasteiger partial charge in [-0.3, -0.25) is 0 Å². The number of hydrogen-bond donors (Lipinski definition) is 1. The molecule has 0 spiro atoms. The third-order valence-electron chi connectivity index (χ3n) is 3.93. The monoisotopic (exact) mass is 222 g/mol. The van der Waals surface area contributed by atoms with Crippen LogP contribution in [0.1, 0.15) is 40.0 Å². The second-order valence-corrected chi connectivity index (χ2v) is 4.90. The number of piperidine rings is 1. The Morgan fingerprint density at radius 2 is 2.19 bits per heavy atom. The van der Waals surface area contributed by atoms with E-state index in [1.54, 1.807) is 0 Å². The Hall–Kier alpha value is -0.520. The maximum atomic E-state index is 5.29. The molecule has 1 heterocycles. The van der Waals surface area contributed by atoms with E-state index in [0.29, 0.717) is 12.1 Å². The largest absolute Gasteiger partial charge is 0.314 e. The van der Waals surface area contributed by atoms with Crippen LogP contribution in [0, 0.1) is 18.3 Å². The van der Waals surface area contributed by atoms with Gasteiger partial charge < -0.3 is 10.2 Å². The average molecular weight is 222 g/mol. The zero-order chi connectivity index (χ0) is 12.0. The molecule has 92 valence electrons. The van der Waals surface area contributed by atoms with Crippen molar-refractivity contribution in [2.24, 2.45) is 5.92 Å². The zero-order valence-electron chi connectivity index (χ0n) is 11.0. The summed E-state index contributed by atoms with van der Waals surface area (Å²) < 4.78 is 0. The molecule has 3 unspecified atom stereocenters. The fraction of sp³-hybridized carbons (Fsp3) is 0.857. The molecule has 0 aliphatic carbocycles. The first-order valence-electron chi connectivity index (χ1n) is 6.61. The minimum absolute atomic E-state index is 0.676. The topological polar surface area (TPSA) is 15.3 Å². The second kappa shape index (κ2) is 6.93. The molecular weight excluding hydrogens is 196 g/mol. The number of terminal acetylenes is 1. The van der Waals surface area contributed by atoms with Gasteiger partial charge in [-0.1, -0.05) is 13.8 Å². The molecular formula is C14H26N2. The minimum atomic E-state index is 0.676. The maximum absolute atomic E-state index is 5.29. The Labute approximate surface area is 101 Å². The molecule has 3 atom stereocenters. The van der Waals surface area contributed by atoms with Crippen molar-refractivity contribution < 1.29 is 0 Å². The predicted octanol–water partition coefficient (Wildman–Crippen LogP) is 2.11. The highest BCUT2D eigenvalue weighted by atomic mass is 15.2. The molecule has 2 heteroatoms. The van der Waals surface area contributed by atoms with Crippen LogP contribution in [-0.2, 0) is 0 Å². The van der Waals surface area contributed by atoms with Crippen molar-refractivity contribution in [3.8, 4) is 12.3 Å². The van der Waals surface area contributed by atoms with Gasteiger partial charge >= 0.3 is 0 Å². The lowest BCUT2D eigenvalue weighted by Crippen LogP contribution is -2.53. The smallest absolute Gasteiger partial charge is 0.0120 e.